The molecule has 2 rings (SSSR count). The predicted molar refractivity (Wildman–Crippen MR) is 91.1 cm³/mol. The number of hydrogen-bond donors (Lipinski definition) is 2. The van der Waals surface area contributed by atoms with Crippen LogP contribution in [0.4, 0.5) is 0 Å². The number of hydrogen-bond acceptors (Lipinski definition) is 4. The van der Waals surface area contributed by atoms with Crippen molar-refractivity contribution in [1.82, 2.24) is 10.6 Å². The third-order valence-electron chi connectivity index (χ3n) is 3.28. The zero-order chi connectivity index (χ0) is 16.7. The van der Waals surface area contributed by atoms with Gasteiger partial charge in [0.15, 0.2) is 0 Å². The number of amides is 2. The zero-order valence-corrected chi connectivity index (χ0v) is 14.0. The summed E-state index contributed by atoms with van der Waals surface area (Å²) in [5.74, 6) is 1.06. The van der Waals surface area contributed by atoms with Crippen molar-refractivity contribution in [2.45, 2.75) is 25.3 Å². The first-order valence-electron chi connectivity index (χ1n) is 7.29. The number of furan rings is 1. The molecule has 1 aromatic heterocycles. The molecule has 0 saturated carbocycles. The molecule has 122 valence electrons. The van der Waals surface area contributed by atoms with Crippen molar-refractivity contribution in [3.8, 4) is 0 Å². The molecule has 23 heavy (non-hydrogen) atoms. The van der Waals surface area contributed by atoms with Gasteiger partial charge < -0.3 is 15.1 Å². The average Bonchev–Trinajstić information content (AvgIpc) is 3.07. The van der Waals surface area contributed by atoms with Crippen molar-refractivity contribution in [3.63, 3.8) is 0 Å². The third kappa shape index (κ3) is 5.17. The lowest BCUT2D eigenvalue weighted by Crippen LogP contribution is -2.44. The Morgan fingerprint density at radius 1 is 1.22 bits per heavy atom. The predicted octanol–water partition coefficient (Wildman–Crippen LogP) is 2.58. The number of benzene rings is 1. The van der Waals surface area contributed by atoms with Crippen LogP contribution in [0.2, 0.25) is 0 Å². The van der Waals surface area contributed by atoms with Crippen molar-refractivity contribution >= 4 is 23.6 Å². The molecule has 0 aliphatic carbocycles. The first-order valence-corrected chi connectivity index (χ1v) is 8.68. The van der Waals surface area contributed by atoms with Crippen LogP contribution in [-0.2, 0) is 17.1 Å². The third-order valence-corrected chi connectivity index (χ3v) is 3.91. The molecule has 2 amide bonds. The summed E-state index contributed by atoms with van der Waals surface area (Å²) >= 11 is 1.73. The minimum absolute atomic E-state index is 0.256. The minimum Gasteiger partial charge on any atom is -0.467 e. The lowest BCUT2D eigenvalue weighted by atomic mass is 10.1. The van der Waals surface area contributed by atoms with Gasteiger partial charge >= 0.3 is 0 Å². The number of rotatable bonds is 7. The Labute approximate surface area is 139 Å². The van der Waals surface area contributed by atoms with Crippen LogP contribution in [0.3, 0.4) is 0 Å². The fraction of sp³-hybridized carbons (Fsp3) is 0.294. The maximum Gasteiger partial charge on any atom is 0.251 e. The zero-order valence-electron chi connectivity index (χ0n) is 13.2. The molecule has 1 heterocycles. The summed E-state index contributed by atoms with van der Waals surface area (Å²) < 4.78 is 5.14. The maximum absolute atomic E-state index is 12.1. The Bertz CT molecular complexity index is 638. The van der Waals surface area contributed by atoms with Gasteiger partial charge in [-0.25, -0.2) is 0 Å². The Morgan fingerprint density at radius 3 is 2.57 bits per heavy atom. The van der Waals surface area contributed by atoms with Crippen LogP contribution in [0.5, 0.6) is 0 Å². The highest BCUT2D eigenvalue weighted by molar-refractivity contribution is 7.97. The van der Waals surface area contributed by atoms with E-state index in [0.717, 1.165) is 5.75 Å². The van der Waals surface area contributed by atoms with Gasteiger partial charge in [0.2, 0.25) is 5.91 Å². The van der Waals surface area contributed by atoms with Crippen LogP contribution in [0.15, 0.2) is 47.1 Å². The monoisotopic (exact) mass is 332 g/mol. The SMILES string of the molecule is CSCc1ccc(C(=O)NC(C)C(=O)NCc2ccco2)cc1. The molecule has 0 aliphatic heterocycles. The number of carbonyl (C=O) groups is 2. The highest BCUT2D eigenvalue weighted by Crippen LogP contribution is 2.10. The first-order chi connectivity index (χ1) is 11.1. The molecule has 0 spiro atoms. The van der Waals surface area contributed by atoms with Crippen molar-refractivity contribution in [1.29, 1.82) is 0 Å². The second-order valence-corrected chi connectivity index (χ2v) is 5.99. The van der Waals surface area contributed by atoms with E-state index < -0.39 is 6.04 Å². The van der Waals surface area contributed by atoms with E-state index in [1.807, 2.05) is 18.4 Å². The van der Waals surface area contributed by atoms with E-state index in [9.17, 15) is 9.59 Å². The molecule has 0 fully saturated rings. The van der Waals surface area contributed by atoms with Crippen LogP contribution in [0, 0.1) is 0 Å². The highest BCUT2D eigenvalue weighted by Gasteiger charge is 2.16. The van der Waals surface area contributed by atoms with Gasteiger partial charge in [0.25, 0.3) is 5.91 Å². The summed E-state index contributed by atoms with van der Waals surface area (Å²) in [6, 6.07) is 10.3. The largest absolute Gasteiger partial charge is 0.467 e. The summed E-state index contributed by atoms with van der Waals surface area (Å²) in [6.45, 7) is 1.95. The van der Waals surface area contributed by atoms with Gasteiger partial charge in [-0.1, -0.05) is 12.1 Å². The second-order valence-electron chi connectivity index (χ2n) is 5.12. The number of nitrogens with one attached hydrogen (secondary N) is 2. The molecule has 5 nitrogen and oxygen atoms in total. The molecule has 1 aromatic carbocycles. The second kappa shape index (κ2) is 8.43. The van der Waals surface area contributed by atoms with E-state index in [4.69, 9.17) is 4.42 Å². The van der Waals surface area contributed by atoms with Gasteiger partial charge in [-0.3, -0.25) is 9.59 Å². The molecule has 1 unspecified atom stereocenters. The van der Waals surface area contributed by atoms with E-state index in [2.05, 4.69) is 10.6 Å². The normalized spacial score (nSPS) is 11.7. The summed E-state index contributed by atoms with van der Waals surface area (Å²) in [4.78, 5) is 24.1. The molecule has 2 aromatic rings. The molecule has 0 radical (unpaired) electrons. The van der Waals surface area contributed by atoms with Gasteiger partial charge in [0.05, 0.1) is 12.8 Å². The quantitative estimate of drug-likeness (QED) is 0.817. The molecule has 0 aliphatic rings. The maximum atomic E-state index is 12.1. The summed E-state index contributed by atoms with van der Waals surface area (Å²) in [6.07, 6.45) is 3.58. The first kappa shape index (κ1) is 17.1. The van der Waals surface area contributed by atoms with Crippen LogP contribution >= 0.6 is 11.8 Å². The van der Waals surface area contributed by atoms with E-state index >= 15 is 0 Å². The van der Waals surface area contributed by atoms with Crippen LogP contribution < -0.4 is 10.6 Å². The van der Waals surface area contributed by atoms with E-state index in [-0.39, 0.29) is 11.8 Å². The molecule has 0 saturated heterocycles. The lowest BCUT2D eigenvalue weighted by molar-refractivity contribution is -0.122. The number of thioether (sulfide) groups is 1. The van der Waals surface area contributed by atoms with Gasteiger partial charge in [-0.15, -0.1) is 0 Å². The molecular formula is C17H20N2O3S. The minimum atomic E-state index is -0.622. The van der Waals surface area contributed by atoms with Crippen LogP contribution in [0.1, 0.15) is 28.6 Å². The van der Waals surface area contributed by atoms with Crippen molar-refractivity contribution in [2.24, 2.45) is 0 Å². The van der Waals surface area contributed by atoms with E-state index in [0.29, 0.717) is 17.9 Å². The molecule has 6 heteroatoms. The van der Waals surface area contributed by atoms with Crippen LogP contribution in [-0.4, -0.2) is 24.1 Å². The molecular weight excluding hydrogens is 312 g/mol. The Kier molecular flexibility index (Phi) is 6.29. The van der Waals surface area contributed by atoms with Crippen molar-refractivity contribution < 1.29 is 14.0 Å². The number of carbonyl (C=O) groups excluding carboxylic acids is 2. The Balaban J connectivity index is 1.84. The topological polar surface area (TPSA) is 71.3 Å². The van der Waals surface area contributed by atoms with E-state index in [1.165, 1.54) is 5.56 Å². The van der Waals surface area contributed by atoms with Crippen molar-refractivity contribution in [2.75, 3.05) is 6.26 Å². The van der Waals surface area contributed by atoms with Crippen LogP contribution in [0.25, 0.3) is 0 Å². The van der Waals surface area contributed by atoms with Gasteiger partial charge in [-0.05, 0) is 43.0 Å². The average molecular weight is 332 g/mol. The Morgan fingerprint density at radius 2 is 1.96 bits per heavy atom. The fourth-order valence-corrected chi connectivity index (χ4v) is 2.53. The molecule has 0 bridgehead atoms. The lowest BCUT2D eigenvalue weighted by Gasteiger charge is -2.14. The standard InChI is InChI=1S/C17H20N2O3S/c1-12(16(20)18-10-15-4-3-9-22-15)19-17(21)14-7-5-13(6-8-14)11-23-2/h3-9,12H,10-11H2,1-2H3,(H,18,20)(H,19,21). The molecule has 1 atom stereocenters. The van der Waals surface area contributed by atoms with Gasteiger partial charge in [-0.2, -0.15) is 11.8 Å². The van der Waals surface area contributed by atoms with Gasteiger partial charge in [0.1, 0.15) is 11.8 Å². The summed E-state index contributed by atoms with van der Waals surface area (Å²) in [5.41, 5.74) is 1.71. The van der Waals surface area contributed by atoms with Crippen molar-refractivity contribution in [3.05, 3.63) is 59.5 Å². The Hall–Kier alpha value is -2.21. The summed E-state index contributed by atoms with van der Waals surface area (Å²) in [5, 5.41) is 5.41. The van der Waals surface area contributed by atoms with E-state index in [1.54, 1.807) is 49.2 Å². The van der Waals surface area contributed by atoms with Gasteiger partial charge in [0, 0.05) is 11.3 Å². The summed E-state index contributed by atoms with van der Waals surface area (Å²) in [7, 11) is 0. The molecule has 2 N–H and O–H groups in total. The smallest absolute Gasteiger partial charge is 0.251 e. The fourth-order valence-electron chi connectivity index (χ4n) is 2.01. The highest BCUT2D eigenvalue weighted by atomic mass is 32.2.